The van der Waals surface area contributed by atoms with Crippen LogP contribution in [0.5, 0.6) is 0 Å². The van der Waals surface area contributed by atoms with E-state index in [1.807, 2.05) is 0 Å². The normalized spacial score (nSPS) is 14.1. The summed E-state index contributed by atoms with van der Waals surface area (Å²) < 4.78 is 4.64. The van der Waals surface area contributed by atoms with Crippen molar-refractivity contribution in [2.75, 3.05) is 0 Å². The second-order valence-electron chi connectivity index (χ2n) is 2.40. The van der Waals surface area contributed by atoms with Crippen molar-refractivity contribution >= 4 is 54.5 Å². The van der Waals surface area contributed by atoms with E-state index < -0.39 is 19.2 Å². The molecule has 0 N–H and O–H groups in total. The van der Waals surface area contributed by atoms with Crippen molar-refractivity contribution in [2.45, 2.75) is 0 Å². The van der Waals surface area contributed by atoms with Crippen molar-refractivity contribution in [2.24, 2.45) is 0 Å². The quantitative estimate of drug-likeness (QED) is 0.727. The van der Waals surface area contributed by atoms with Gasteiger partial charge in [-0.3, -0.25) is 0 Å². The van der Waals surface area contributed by atoms with Crippen molar-refractivity contribution in [1.29, 1.82) is 0 Å². The Balaban J connectivity index is 2.80. The molecule has 0 saturated heterocycles. The Morgan fingerprint density at radius 3 is 2.00 bits per heavy atom. The molecule has 0 spiro atoms. The predicted octanol–water partition coefficient (Wildman–Crippen LogP) is 3.68. The SMILES string of the molecule is O=C([O][Sb]([Cl])([Cl])([Cl])[Cl])c1ccccc1. The Morgan fingerprint density at radius 2 is 1.57 bits per heavy atom. The van der Waals surface area contributed by atoms with Crippen LogP contribution in [-0.2, 0) is 3.02 Å². The van der Waals surface area contributed by atoms with Gasteiger partial charge >= 0.3 is 98.2 Å². The number of hydrogen-bond donors (Lipinski definition) is 0. The summed E-state index contributed by atoms with van der Waals surface area (Å²) in [4.78, 5) is 11.4. The zero-order chi connectivity index (χ0) is 10.8. The topological polar surface area (TPSA) is 26.3 Å². The van der Waals surface area contributed by atoms with E-state index in [1.54, 1.807) is 30.3 Å². The fourth-order valence-corrected chi connectivity index (χ4v) is 3.45. The van der Waals surface area contributed by atoms with Crippen LogP contribution in [0.2, 0.25) is 0 Å². The van der Waals surface area contributed by atoms with Crippen molar-refractivity contribution in [3.8, 4) is 0 Å². The average molecular weight is 385 g/mol. The van der Waals surface area contributed by atoms with Gasteiger partial charge < -0.3 is 0 Å². The maximum absolute atomic E-state index is 11.4. The third kappa shape index (κ3) is 4.95. The minimum atomic E-state index is -5.07. The van der Waals surface area contributed by atoms with E-state index in [-0.39, 0.29) is 0 Å². The Labute approximate surface area is 97.4 Å². The van der Waals surface area contributed by atoms with Crippen LogP contribution in [0, 0.1) is 0 Å². The van der Waals surface area contributed by atoms with Gasteiger partial charge in [-0.25, -0.2) is 0 Å². The molecule has 1 rings (SSSR count). The Hall–Kier alpha value is 0.668. The van der Waals surface area contributed by atoms with Gasteiger partial charge in [0, 0.05) is 0 Å². The first-order valence-corrected chi connectivity index (χ1v) is 17.4. The van der Waals surface area contributed by atoms with Gasteiger partial charge in [-0.15, -0.1) is 0 Å². The molecule has 7 heteroatoms. The van der Waals surface area contributed by atoms with Crippen LogP contribution >= 0.6 is 35.3 Å². The molecule has 0 bridgehead atoms. The number of rotatable bonds is 2. The van der Waals surface area contributed by atoms with Crippen LogP contribution in [0.4, 0.5) is 0 Å². The van der Waals surface area contributed by atoms with Crippen LogP contribution in [0.1, 0.15) is 10.4 Å². The van der Waals surface area contributed by atoms with Crippen molar-refractivity contribution in [3.05, 3.63) is 35.9 Å². The van der Waals surface area contributed by atoms with Gasteiger partial charge in [-0.05, 0) is 0 Å². The van der Waals surface area contributed by atoms with Crippen molar-refractivity contribution < 1.29 is 7.81 Å². The fraction of sp³-hybridized carbons (Fsp3) is 0. The molecule has 0 aliphatic rings. The number of carbonyl (C=O) groups is 1. The molecule has 1 aromatic carbocycles. The molecule has 0 fully saturated rings. The first-order chi connectivity index (χ1) is 6.24. The van der Waals surface area contributed by atoms with Gasteiger partial charge in [0.2, 0.25) is 0 Å². The molecule has 0 heterocycles. The summed E-state index contributed by atoms with van der Waals surface area (Å²) in [7, 11) is 22.0. The second-order valence-corrected chi connectivity index (χ2v) is 31.0. The predicted molar refractivity (Wildman–Crippen MR) is 61.0 cm³/mol. The number of benzene rings is 1. The third-order valence-electron chi connectivity index (χ3n) is 1.23. The van der Waals surface area contributed by atoms with E-state index in [9.17, 15) is 4.79 Å². The van der Waals surface area contributed by atoms with E-state index in [2.05, 4.69) is 3.02 Å². The zero-order valence-electron chi connectivity index (χ0n) is 6.66. The van der Waals surface area contributed by atoms with Crippen molar-refractivity contribution in [3.63, 3.8) is 0 Å². The number of carbonyl (C=O) groups excluding carboxylic acids is 1. The van der Waals surface area contributed by atoms with Crippen LogP contribution in [0.25, 0.3) is 0 Å². The summed E-state index contributed by atoms with van der Waals surface area (Å²) in [6, 6.07) is 8.19. The van der Waals surface area contributed by atoms with Gasteiger partial charge in [-0.2, -0.15) is 0 Å². The monoisotopic (exact) mass is 382 g/mol. The van der Waals surface area contributed by atoms with Crippen LogP contribution in [-0.4, -0.2) is 19.2 Å². The summed E-state index contributed by atoms with van der Waals surface area (Å²) in [6.45, 7) is 0. The molecule has 0 saturated carbocycles. The van der Waals surface area contributed by atoms with Gasteiger partial charge in [0.1, 0.15) is 0 Å². The summed E-state index contributed by atoms with van der Waals surface area (Å²) in [5.41, 5.74) is 0.299. The molecule has 2 nitrogen and oxygen atoms in total. The molecule has 78 valence electrons. The first kappa shape index (κ1) is 12.7. The molecule has 0 atom stereocenters. The molecule has 1 aromatic rings. The Morgan fingerprint density at radius 1 is 1.07 bits per heavy atom. The summed E-state index contributed by atoms with van der Waals surface area (Å²) in [5.74, 6) is -0.720. The van der Waals surface area contributed by atoms with Gasteiger partial charge in [0.25, 0.3) is 0 Å². The number of halogens is 4. The standard InChI is InChI=1S/C7H6O2.4ClH.Sb/c8-7(9)6-4-2-1-3-5-6;;;;;/h1-5H,(H,8,9);4*1H;/q;;;;;+5/p-5. The number of hydrogen-bond acceptors (Lipinski definition) is 2. The molecule has 0 radical (unpaired) electrons. The molecule has 0 unspecified atom stereocenters. The van der Waals surface area contributed by atoms with Crippen LogP contribution in [0.3, 0.4) is 0 Å². The van der Waals surface area contributed by atoms with Crippen molar-refractivity contribution in [1.82, 2.24) is 0 Å². The Kier molecular flexibility index (Phi) is 3.88. The first-order valence-electron chi connectivity index (χ1n) is 3.43. The summed E-state index contributed by atoms with van der Waals surface area (Å²) in [6.07, 6.45) is 0. The van der Waals surface area contributed by atoms with E-state index >= 15 is 0 Å². The fourth-order valence-electron chi connectivity index (χ4n) is 0.752. The van der Waals surface area contributed by atoms with E-state index in [0.717, 1.165) is 0 Å². The van der Waals surface area contributed by atoms with Gasteiger partial charge in [0.05, 0.1) is 0 Å². The minimum absolute atomic E-state index is 0.299. The molecule has 0 aliphatic heterocycles. The average Bonchev–Trinajstić information content (AvgIpc) is 2.01. The van der Waals surface area contributed by atoms with Crippen LogP contribution in [0.15, 0.2) is 30.3 Å². The molecular formula is C7H5Cl4O2Sb. The molecule has 0 aromatic heterocycles. The van der Waals surface area contributed by atoms with Crippen LogP contribution < -0.4 is 0 Å². The molecular weight excluding hydrogens is 380 g/mol. The molecule has 0 amide bonds. The maximum atomic E-state index is 11.4. The second kappa shape index (κ2) is 4.27. The summed E-state index contributed by atoms with van der Waals surface area (Å²) >= 11 is -5.07. The van der Waals surface area contributed by atoms with Gasteiger partial charge in [-0.1, -0.05) is 0 Å². The molecule has 14 heavy (non-hydrogen) atoms. The zero-order valence-corrected chi connectivity index (χ0v) is 12.2. The van der Waals surface area contributed by atoms with E-state index in [4.69, 9.17) is 35.3 Å². The van der Waals surface area contributed by atoms with Gasteiger partial charge in [0.15, 0.2) is 0 Å². The van der Waals surface area contributed by atoms with E-state index in [0.29, 0.717) is 5.56 Å². The third-order valence-corrected chi connectivity index (χ3v) is 4.34. The summed E-state index contributed by atoms with van der Waals surface area (Å²) in [5, 5.41) is 0. The molecule has 0 aliphatic carbocycles. The Bertz CT molecular complexity index is 336. The van der Waals surface area contributed by atoms with E-state index in [1.165, 1.54) is 0 Å².